The molecule has 3 heterocycles. The van der Waals surface area contributed by atoms with Gasteiger partial charge in [0.2, 0.25) is 6.41 Å². The summed E-state index contributed by atoms with van der Waals surface area (Å²) in [6, 6.07) is -0.894. The van der Waals surface area contributed by atoms with Crippen LogP contribution in [0.5, 0.6) is 0 Å². The maximum absolute atomic E-state index is 12.9. The maximum atomic E-state index is 12.9. The molecule has 0 radical (unpaired) electrons. The van der Waals surface area contributed by atoms with Gasteiger partial charge < -0.3 is 29.7 Å². The van der Waals surface area contributed by atoms with Crippen molar-refractivity contribution in [1.82, 2.24) is 15.2 Å². The Morgan fingerprint density at radius 3 is 2.67 bits per heavy atom. The number of oxime groups is 1. The first-order valence-electron chi connectivity index (χ1n) is 11.0. The van der Waals surface area contributed by atoms with Crippen molar-refractivity contribution in [2.24, 2.45) is 5.16 Å². The van der Waals surface area contributed by atoms with E-state index in [1.807, 2.05) is 13.8 Å². The smallest absolute Gasteiger partial charge is 0.355 e. The summed E-state index contributed by atoms with van der Waals surface area (Å²) in [5.74, 6) is -1.38. The van der Waals surface area contributed by atoms with Crippen LogP contribution >= 0.6 is 23.1 Å². The zero-order valence-corrected chi connectivity index (χ0v) is 21.6. The second-order valence-electron chi connectivity index (χ2n) is 7.24. The number of anilines is 1. The molecule has 0 bridgehead atoms. The van der Waals surface area contributed by atoms with Gasteiger partial charge in [0.1, 0.15) is 36.0 Å². The summed E-state index contributed by atoms with van der Waals surface area (Å²) in [6.45, 7) is 4.91. The number of thiazole rings is 1. The number of aromatic nitrogens is 1. The quantitative estimate of drug-likeness (QED) is 0.111. The van der Waals surface area contributed by atoms with Gasteiger partial charge >= 0.3 is 5.97 Å². The molecule has 2 aliphatic heterocycles. The van der Waals surface area contributed by atoms with Crippen molar-refractivity contribution < 1.29 is 38.2 Å². The Morgan fingerprint density at radius 2 is 2.03 bits per heavy atom. The first-order valence-corrected chi connectivity index (χ1v) is 13.0. The van der Waals surface area contributed by atoms with Crippen molar-refractivity contribution in [3.63, 3.8) is 0 Å². The molecule has 1 saturated heterocycles. The zero-order valence-electron chi connectivity index (χ0n) is 19.9. The van der Waals surface area contributed by atoms with Gasteiger partial charge in [0.25, 0.3) is 11.8 Å². The molecule has 36 heavy (non-hydrogen) atoms. The van der Waals surface area contributed by atoms with Crippen LogP contribution in [0.4, 0.5) is 5.13 Å². The Labute approximate surface area is 215 Å². The first kappa shape index (κ1) is 27.6. The monoisotopic (exact) mass is 541 g/mol. The number of amides is 3. The lowest BCUT2D eigenvalue weighted by Gasteiger charge is -2.48. The van der Waals surface area contributed by atoms with Crippen molar-refractivity contribution in [3.8, 4) is 0 Å². The van der Waals surface area contributed by atoms with Crippen LogP contribution in [0.1, 0.15) is 19.5 Å². The molecule has 0 saturated carbocycles. The molecule has 1 fully saturated rings. The Kier molecular flexibility index (Phi) is 10.2. The van der Waals surface area contributed by atoms with Crippen molar-refractivity contribution in [2.45, 2.75) is 31.4 Å². The van der Waals surface area contributed by atoms with Gasteiger partial charge in [-0.15, -0.1) is 23.1 Å². The summed E-state index contributed by atoms with van der Waals surface area (Å²) in [4.78, 5) is 59.6. The molecule has 2 aliphatic rings. The predicted molar refractivity (Wildman–Crippen MR) is 131 cm³/mol. The maximum Gasteiger partial charge on any atom is 0.355 e. The van der Waals surface area contributed by atoms with Crippen LogP contribution in [-0.4, -0.2) is 96.6 Å². The fourth-order valence-electron chi connectivity index (χ4n) is 3.36. The lowest BCUT2D eigenvalue weighted by Crippen LogP contribution is -2.70. The highest BCUT2D eigenvalue weighted by atomic mass is 32.2. The SMILES string of the molecule is CCOCC(COCC)OC(=O)C1=CCS[C@@H]2C(NC(=O)/C(=N\OC)c3csc(NC=O)n3)C(=O)N12. The number of fused-ring (bicyclic) bond motifs is 1. The molecule has 0 aliphatic carbocycles. The zero-order chi connectivity index (χ0) is 26.1. The van der Waals surface area contributed by atoms with Crippen LogP contribution in [0.3, 0.4) is 0 Å². The molecule has 2 N–H and O–H groups in total. The number of hydrogen-bond donors (Lipinski definition) is 2. The van der Waals surface area contributed by atoms with E-state index in [2.05, 4.69) is 20.8 Å². The standard InChI is InChI=1S/C21H27N5O8S2/c1-4-32-8-12(9-33-5-2)34-20(30)14-6-7-35-19-16(18(29)26(14)19)24-17(28)15(25-31-3)13-10-36-21(23-13)22-11-27/h6,10-12,16,19H,4-5,7-9H2,1-3H3,(H,24,28)(H,22,23,27)/b25-15-/t16?,19-/m1/s1. The Hall–Kier alpha value is -3.01. The summed E-state index contributed by atoms with van der Waals surface area (Å²) in [7, 11) is 1.27. The van der Waals surface area contributed by atoms with Crippen LogP contribution in [0.25, 0.3) is 0 Å². The lowest BCUT2D eigenvalue weighted by molar-refractivity contribution is -0.159. The van der Waals surface area contributed by atoms with E-state index in [0.29, 0.717) is 25.4 Å². The highest BCUT2D eigenvalue weighted by Gasteiger charge is 2.53. The van der Waals surface area contributed by atoms with Crippen molar-refractivity contribution in [2.75, 3.05) is 44.6 Å². The fraction of sp³-hybridized carbons (Fsp3) is 0.524. The molecule has 1 aromatic heterocycles. The molecular formula is C21H27N5O8S2. The highest BCUT2D eigenvalue weighted by molar-refractivity contribution is 8.00. The van der Waals surface area contributed by atoms with Gasteiger partial charge in [0.15, 0.2) is 10.8 Å². The molecule has 0 spiro atoms. The molecule has 13 nitrogen and oxygen atoms in total. The molecule has 3 amide bonds. The Balaban J connectivity index is 1.66. The second kappa shape index (κ2) is 13.3. The van der Waals surface area contributed by atoms with E-state index in [1.165, 1.54) is 29.2 Å². The predicted octanol–water partition coefficient (Wildman–Crippen LogP) is 0.331. The average Bonchev–Trinajstić information content (AvgIpc) is 3.34. The van der Waals surface area contributed by atoms with Crippen molar-refractivity contribution in [1.29, 1.82) is 0 Å². The largest absolute Gasteiger partial charge is 0.453 e. The molecule has 196 valence electrons. The number of ether oxygens (including phenoxy) is 3. The van der Waals surface area contributed by atoms with Crippen LogP contribution in [-0.2, 0) is 38.2 Å². The number of carbonyl (C=O) groups is 4. The molecule has 3 rings (SSSR count). The van der Waals surface area contributed by atoms with Gasteiger partial charge in [-0.3, -0.25) is 19.3 Å². The number of rotatable bonds is 14. The summed E-state index contributed by atoms with van der Waals surface area (Å²) >= 11 is 2.48. The van der Waals surface area contributed by atoms with E-state index in [0.717, 1.165) is 11.3 Å². The third-order valence-corrected chi connectivity index (χ3v) is 6.92. The molecule has 1 unspecified atom stereocenters. The minimum atomic E-state index is -0.894. The first-order chi connectivity index (χ1) is 17.4. The number of nitrogens with zero attached hydrogens (tertiary/aromatic N) is 3. The fourth-order valence-corrected chi connectivity index (χ4v) is 5.21. The molecule has 0 aromatic carbocycles. The number of carbonyl (C=O) groups excluding carboxylic acids is 4. The Morgan fingerprint density at radius 1 is 1.31 bits per heavy atom. The van der Waals surface area contributed by atoms with E-state index in [9.17, 15) is 19.2 Å². The minimum Gasteiger partial charge on any atom is -0.453 e. The average molecular weight is 542 g/mol. The van der Waals surface area contributed by atoms with Gasteiger partial charge in [0, 0.05) is 24.3 Å². The third-order valence-electron chi connectivity index (χ3n) is 4.96. The minimum absolute atomic E-state index is 0.113. The van der Waals surface area contributed by atoms with Gasteiger partial charge in [-0.1, -0.05) is 5.16 Å². The molecule has 1 aromatic rings. The topological polar surface area (TPSA) is 158 Å². The van der Waals surface area contributed by atoms with Gasteiger partial charge in [-0.25, -0.2) is 9.78 Å². The van der Waals surface area contributed by atoms with Crippen LogP contribution in [0.15, 0.2) is 22.3 Å². The van der Waals surface area contributed by atoms with Crippen molar-refractivity contribution in [3.05, 3.63) is 22.8 Å². The number of thioether (sulfide) groups is 1. The summed E-state index contributed by atoms with van der Waals surface area (Å²) < 4.78 is 16.3. The number of nitrogens with one attached hydrogen (secondary N) is 2. The van der Waals surface area contributed by atoms with Gasteiger partial charge in [-0.2, -0.15) is 0 Å². The second-order valence-corrected chi connectivity index (χ2v) is 9.25. The van der Waals surface area contributed by atoms with Crippen LogP contribution in [0, 0.1) is 0 Å². The molecule has 2 atom stereocenters. The van der Waals surface area contributed by atoms with E-state index in [4.69, 9.17) is 19.0 Å². The van der Waals surface area contributed by atoms with E-state index in [1.54, 1.807) is 6.08 Å². The van der Waals surface area contributed by atoms with E-state index < -0.39 is 35.3 Å². The molecule has 15 heteroatoms. The van der Waals surface area contributed by atoms with Gasteiger partial charge in [0.05, 0.1) is 13.2 Å². The Bertz CT molecular complexity index is 1020. The highest BCUT2D eigenvalue weighted by Crippen LogP contribution is 2.38. The number of hydrogen-bond acceptors (Lipinski definition) is 12. The number of esters is 1. The summed E-state index contributed by atoms with van der Waals surface area (Å²) in [5, 5.41) is 10.0. The number of β-lactam (4-membered cyclic amide) rings is 1. The molecular weight excluding hydrogens is 514 g/mol. The van der Waals surface area contributed by atoms with E-state index in [-0.39, 0.29) is 35.4 Å². The lowest BCUT2D eigenvalue weighted by atomic mass is 10.0. The van der Waals surface area contributed by atoms with Gasteiger partial charge in [-0.05, 0) is 19.9 Å². The van der Waals surface area contributed by atoms with Crippen LogP contribution < -0.4 is 10.6 Å². The summed E-state index contributed by atoms with van der Waals surface area (Å²) in [5.41, 5.74) is 0.120. The third kappa shape index (κ3) is 6.40. The normalized spacial score (nSPS) is 19.2. The summed E-state index contributed by atoms with van der Waals surface area (Å²) in [6.07, 6.45) is 1.46. The van der Waals surface area contributed by atoms with Crippen molar-refractivity contribution >= 4 is 58.1 Å². The van der Waals surface area contributed by atoms with E-state index >= 15 is 0 Å². The van der Waals surface area contributed by atoms with Crippen LogP contribution in [0.2, 0.25) is 0 Å².